The van der Waals surface area contributed by atoms with E-state index in [0.717, 1.165) is 26.1 Å². The Kier molecular flexibility index (Phi) is 4.73. The molecule has 2 heteroatoms. The van der Waals surface area contributed by atoms with E-state index in [0.29, 0.717) is 0 Å². The largest absolute Gasteiger partial charge is 0.384 e. The number of methoxy groups -OCH3 is 2. The number of ether oxygens (including phenoxy) is 2. The Balaban J connectivity index is 2.36. The van der Waals surface area contributed by atoms with Crippen molar-refractivity contribution in [2.24, 2.45) is 0 Å². The van der Waals surface area contributed by atoms with Gasteiger partial charge in [0.2, 0.25) is 0 Å². The summed E-state index contributed by atoms with van der Waals surface area (Å²) in [5.41, 5.74) is 2.70. The number of rotatable bonds is 6. The van der Waals surface area contributed by atoms with E-state index >= 15 is 0 Å². The second kappa shape index (κ2) is 6.53. The smallest absolute Gasteiger partial charge is 0.0502 e. The van der Waals surface area contributed by atoms with Crippen LogP contribution in [-0.2, 0) is 22.3 Å². The normalized spacial score (nSPS) is 11.0. The summed E-state index contributed by atoms with van der Waals surface area (Å²) >= 11 is 0. The zero-order valence-corrected chi connectivity index (χ0v) is 11.1. The highest BCUT2D eigenvalue weighted by Gasteiger charge is 2.04. The third-order valence-electron chi connectivity index (χ3n) is 3.18. The summed E-state index contributed by atoms with van der Waals surface area (Å²) in [6.07, 6.45) is 1.92. The van der Waals surface area contributed by atoms with Crippen LogP contribution in [0.15, 0.2) is 36.4 Å². The fraction of sp³-hybridized carbons (Fsp3) is 0.375. The maximum absolute atomic E-state index is 5.19. The van der Waals surface area contributed by atoms with E-state index in [9.17, 15) is 0 Å². The van der Waals surface area contributed by atoms with Gasteiger partial charge in [-0.25, -0.2) is 0 Å². The predicted octanol–water partition coefficient (Wildman–Crippen LogP) is 3.22. The minimum atomic E-state index is 0.762. The van der Waals surface area contributed by atoms with Gasteiger partial charge in [-0.3, -0.25) is 0 Å². The van der Waals surface area contributed by atoms with Gasteiger partial charge in [-0.05, 0) is 34.7 Å². The van der Waals surface area contributed by atoms with Crippen molar-refractivity contribution in [2.75, 3.05) is 27.4 Å². The molecular formula is C16H20O2. The first kappa shape index (κ1) is 13.1. The van der Waals surface area contributed by atoms with Crippen LogP contribution in [0.2, 0.25) is 0 Å². The lowest BCUT2D eigenvalue weighted by Crippen LogP contribution is -1.99. The van der Waals surface area contributed by atoms with Gasteiger partial charge in [0.25, 0.3) is 0 Å². The van der Waals surface area contributed by atoms with Crippen LogP contribution in [0.3, 0.4) is 0 Å². The summed E-state index contributed by atoms with van der Waals surface area (Å²) in [5, 5.41) is 2.63. The van der Waals surface area contributed by atoms with Crippen LogP contribution in [0, 0.1) is 0 Å². The van der Waals surface area contributed by atoms with Crippen LogP contribution in [0.1, 0.15) is 11.1 Å². The van der Waals surface area contributed by atoms with E-state index in [1.165, 1.54) is 21.9 Å². The molecule has 0 radical (unpaired) electrons. The lowest BCUT2D eigenvalue weighted by atomic mass is 9.98. The number of hydrogen-bond acceptors (Lipinski definition) is 2. The highest BCUT2D eigenvalue weighted by Crippen LogP contribution is 2.22. The number of benzene rings is 2. The molecule has 0 saturated heterocycles. The minimum absolute atomic E-state index is 0.762. The highest BCUT2D eigenvalue weighted by molar-refractivity contribution is 5.86. The Labute approximate surface area is 109 Å². The maximum Gasteiger partial charge on any atom is 0.0502 e. The molecule has 96 valence electrons. The lowest BCUT2D eigenvalue weighted by molar-refractivity contribution is 0.201. The van der Waals surface area contributed by atoms with Crippen molar-refractivity contribution in [3.05, 3.63) is 47.5 Å². The van der Waals surface area contributed by atoms with Crippen LogP contribution in [0.5, 0.6) is 0 Å². The van der Waals surface area contributed by atoms with Crippen LogP contribution in [0.25, 0.3) is 10.8 Å². The Morgan fingerprint density at radius 1 is 0.889 bits per heavy atom. The molecular weight excluding hydrogens is 224 g/mol. The summed E-state index contributed by atoms with van der Waals surface area (Å²) < 4.78 is 10.3. The van der Waals surface area contributed by atoms with Crippen LogP contribution < -0.4 is 0 Å². The quantitative estimate of drug-likeness (QED) is 0.776. The zero-order valence-electron chi connectivity index (χ0n) is 11.1. The van der Waals surface area contributed by atoms with Gasteiger partial charge in [-0.2, -0.15) is 0 Å². The molecule has 0 spiro atoms. The van der Waals surface area contributed by atoms with Gasteiger partial charge in [0, 0.05) is 14.2 Å². The topological polar surface area (TPSA) is 18.5 Å². The van der Waals surface area contributed by atoms with E-state index < -0.39 is 0 Å². The van der Waals surface area contributed by atoms with Gasteiger partial charge in [0.05, 0.1) is 13.2 Å². The molecule has 0 saturated carbocycles. The van der Waals surface area contributed by atoms with Gasteiger partial charge in [-0.15, -0.1) is 0 Å². The van der Waals surface area contributed by atoms with Crippen LogP contribution in [0.4, 0.5) is 0 Å². The van der Waals surface area contributed by atoms with E-state index in [1.54, 1.807) is 14.2 Å². The summed E-state index contributed by atoms with van der Waals surface area (Å²) in [6.45, 7) is 1.53. The third-order valence-corrected chi connectivity index (χ3v) is 3.18. The average Bonchev–Trinajstić information content (AvgIpc) is 2.42. The molecule has 0 amide bonds. The SMILES string of the molecule is COCCc1cc(CCOC)c2ccccc2c1. The molecule has 0 unspecified atom stereocenters. The number of hydrogen-bond donors (Lipinski definition) is 0. The van der Waals surface area contributed by atoms with Crippen molar-refractivity contribution in [1.82, 2.24) is 0 Å². The third kappa shape index (κ3) is 3.09. The predicted molar refractivity (Wildman–Crippen MR) is 75.1 cm³/mol. The summed E-state index contributed by atoms with van der Waals surface area (Å²) in [5.74, 6) is 0. The molecule has 0 bridgehead atoms. The Bertz CT molecular complexity index is 505. The van der Waals surface area contributed by atoms with Crippen LogP contribution in [-0.4, -0.2) is 27.4 Å². The van der Waals surface area contributed by atoms with Gasteiger partial charge in [-0.1, -0.05) is 36.4 Å². The molecule has 2 nitrogen and oxygen atoms in total. The van der Waals surface area contributed by atoms with E-state index in [4.69, 9.17) is 9.47 Å². The molecule has 2 rings (SSSR count). The first-order chi connectivity index (χ1) is 8.85. The maximum atomic E-state index is 5.19. The second-order valence-electron chi connectivity index (χ2n) is 4.46. The molecule has 0 N–H and O–H groups in total. The molecule has 0 heterocycles. The van der Waals surface area contributed by atoms with E-state index in [1.807, 2.05) is 0 Å². The van der Waals surface area contributed by atoms with Crippen molar-refractivity contribution in [3.63, 3.8) is 0 Å². The summed E-state index contributed by atoms with van der Waals surface area (Å²) in [6, 6.07) is 13.1. The molecule has 18 heavy (non-hydrogen) atoms. The lowest BCUT2D eigenvalue weighted by Gasteiger charge is -2.10. The first-order valence-electron chi connectivity index (χ1n) is 6.33. The summed E-state index contributed by atoms with van der Waals surface area (Å²) in [7, 11) is 3.49. The molecule has 0 aromatic heterocycles. The first-order valence-corrected chi connectivity index (χ1v) is 6.33. The molecule has 0 aliphatic carbocycles. The Morgan fingerprint density at radius 3 is 2.39 bits per heavy atom. The average molecular weight is 244 g/mol. The highest BCUT2D eigenvalue weighted by atomic mass is 16.5. The van der Waals surface area contributed by atoms with Gasteiger partial charge >= 0.3 is 0 Å². The van der Waals surface area contributed by atoms with Gasteiger partial charge in [0.15, 0.2) is 0 Å². The van der Waals surface area contributed by atoms with Gasteiger partial charge < -0.3 is 9.47 Å². The Hall–Kier alpha value is -1.38. The fourth-order valence-corrected chi connectivity index (χ4v) is 2.24. The summed E-state index contributed by atoms with van der Waals surface area (Å²) in [4.78, 5) is 0. The fourth-order valence-electron chi connectivity index (χ4n) is 2.24. The van der Waals surface area contributed by atoms with Crippen molar-refractivity contribution >= 4 is 10.8 Å². The molecule has 2 aromatic rings. The van der Waals surface area contributed by atoms with E-state index in [-0.39, 0.29) is 0 Å². The monoisotopic (exact) mass is 244 g/mol. The Morgan fingerprint density at radius 2 is 1.61 bits per heavy atom. The molecule has 2 aromatic carbocycles. The minimum Gasteiger partial charge on any atom is -0.384 e. The molecule has 0 atom stereocenters. The second-order valence-corrected chi connectivity index (χ2v) is 4.46. The van der Waals surface area contributed by atoms with Crippen molar-refractivity contribution in [1.29, 1.82) is 0 Å². The molecule has 0 fully saturated rings. The van der Waals surface area contributed by atoms with Crippen molar-refractivity contribution < 1.29 is 9.47 Å². The van der Waals surface area contributed by atoms with Crippen molar-refractivity contribution in [3.8, 4) is 0 Å². The van der Waals surface area contributed by atoms with Crippen molar-refractivity contribution in [2.45, 2.75) is 12.8 Å². The zero-order chi connectivity index (χ0) is 12.8. The number of fused-ring (bicyclic) bond motifs is 1. The van der Waals surface area contributed by atoms with Crippen LogP contribution >= 0.6 is 0 Å². The molecule has 0 aliphatic rings. The van der Waals surface area contributed by atoms with E-state index in [2.05, 4.69) is 36.4 Å². The van der Waals surface area contributed by atoms with Gasteiger partial charge in [0.1, 0.15) is 0 Å². The standard InChI is InChI=1S/C16H20O2/c1-17-9-7-13-11-14-5-3-4-6-16(14)15(12-13)8-10-18-2/h3-6,11-12H,7-10H2,1-2H3. The molecule has 0 aliphatic heterocycles.